The van der Waals surface area contributed by atoms with E-state index in [-0.39, 0.29) is 56.2 Å². The molecule has 2 aromatic rings. The molecule has 4 N–H and O–H groups in total. The Kier molecular flexibility index (Phi) is 7.70. The van der Waals surface area contributed by atoms with Gasteiger partial charge in [0.2, 0.25) is 0 Å². The zero-order chi connectivity index (χ0) is 25.8. The third-order valence-electron chi connectivity index (χ3n) is 5.62. The molecule has 0 bridgehead atoms. The fourth-order valence-corrected chi connectivity index (χ4v) is 3.92. The number of rotatable bonds is 6. The topological polar surface area (TPSA) is 128 Å². The molecule has 6 heteroatoms. The van der Waals surface area contributed by atoms with Gasteiger partial charge in [0.1, 0.15) is 23.0 Å². The summed E-state index contributed by atoms with van der Waals surface area (Å²) < 4.78 is 0. The molecule has 178 valence electrons. The van der Waals surface area contributed by atoms with Gasteiger partial charge >= 0.3 is 0 Å². The highest BCUT2D eigenvalue weighted by molar-refractivity contribution is 5.94. The lowest BCUT2D eigenvalue weighted by Gasteiger charge is -2.21. The van der Waals surface area contributed by atoms with E-state index in [1.807, 2.05) is 47.6 Å². The molecule has 0 aromatic heterocycles. The van der Waals surface area contributed by atoms with E-state index in [0.717, 1.165) is 12.8 Å². The number of hydrogen-bond acceptors (Lipinski definition) is 6. The first-order valence-electron chi connectivity index (χ1n) is 11.1. The van der Waals surface area contributed by atoms with Crippen LogP contribution in [0.3, 0.4) is 0 Å². The van der Waals surface area contributed by atoms with Crippen molar-refractivity contribution in [3.63, 3.8) is 0 Å². The van der Waals surface area contributed by atoms with Gasteiger partial charge < -0.3 is 20.4 Å². The van der Waals surface area contributed by atoms with Gasteiger partial charge in [0, 0.05) is 22.3 Å². The van der Waals surface area contributed by atoms with Crippen molar-refractivity contribution in [3.05, 3.63) is 52.6 Å². The van der Waals surface area contributed by atoms with Gasteiger partial charge in [-0.05, 0) is 47.6 Å². The van der Waals surface area contributed by atoms with Crippen LogP contribution in [-0.4, -0.2) is 20.4 Å². The molecular formula is C28H32N2O4. The largest absolute Gasteiger partial charge is 0.508 e. The molecule has 0 aliphatic heterocycles. The number of hydrogen-bond donors (Lipinski definition) is 4. The number of phenolic OH excluding ortho intramolecular Hbond substituents is 4. The lowest BCUT2D eigenvalue weighted by atomic mass is 9.84. The van der Waals surface area contributed by atoms with Crippen LogP contribution < -0.4 is 0 Å². The van der Waals surface area contributed by atoms with Gasteiger partial charge in [-0.3, -0.25) is 0 Å². The average molecular weight is 461 g/mol. The van der Waals surface area contributed by atoms with Crippen molar-refractivity contribution < 1.29 is 20.4 Å². The Bertz CT molecular complexity index is 1230. The minimum Gasteiger partial charge on any atom is -0.508 e. The number of benzene rings is 2. The molecule has 34 heavy (non-hydrogen) atoms. The number of nitrogens with zero attached hydrogens (tertiary/aromatic N) is 2. The smallest absolute Gasteiger partial charge is 0.125 e. The summed E-state index contributed by atoms with van der Waals surface area (Å²) in [5.41, 5.74) is 0.437. The minimum absolute atomic E-state index is 0.0326. The lowest BCUT2D eigenvalue weighted by Crippen LogP contribution is -2.11. The quantitative estimate of drug-likeness (QED) is 0.218. The standard InChI is InChI=1S/C28H32N2O4/c1-7-8-28(5,6)14-19(16-30)21-12-24(32)20(11-25(21)33)18(15-29)9-17-10-26(34)22(13-23(17)31)27(2,3)4/h9-14,31-34H,7-8H2,1-6H3/b18-9+,19-14+. The first-order valence-corrected chi connectivity index (χ1v) is 11.1. The number of allylic oxidation sites excluding steroid dienone is 3. The first-order chi connectivity index (χ1) is 15.7. The van der Waals surface area contributed by atoms with Crippen LogP contribution in [0.25, 0.3) is 17.2 Å². The van der Waals surface area contributed by atoms with Crippen molar-refractivity contribution in [2.45, 2.75) is 59.8 Å². The number of phenols is 4. The van der Waals surface area contributed by atoms with Crippen LogP contribution in [0, 0.1) is 28.1 Å². The van der Waals surface area contributed by atoms with Crippen LogP contribution >= 0.6 is 0 Å². The van der Waals surface area contributed by atoms with Crippen molar-refractivity contribution in [3.8, 4) is 35.1 Å². The zero-order valence-corrected chi connectivity index (χ0v) is 20.6. The molecule has 0 saturated heterocycles. The first kappa shape index (κ1) is 26.4. The fraction of sp³-hybridized carbons (Fsp3) is 0.357. The maximum atomic E-state index is 10.7. The van der Waals surface area contributed by atoms with Crippen molar-refractivity contribution in [2.75, 3.05) is 0 Å². The summed E-state index contributed by atoms with van der Waals surface area (Å²) in [6.45, 7) is 11.7. The highest BCUT2D eigenvalue weighted by atomic mass is 16.3. The zero-order valence-electron chi connectivity index (χ0n) is 20.6. The summed E-state index contributed by atoms with van der Waals surface area (Å²) in [6.07, 6.45) is 4.85. The third-order valence-corrected chi connectivity index (χ3v) is 5.62. The number of nitriles is 2. The Morgan fingerprint density at radius 3 is 1.79 bits per heavy atom. The second-order valence-corrected chi connectivity index (χ2v) is 10.1. The molecule has 0 saturated carbocycles. The van der Waals surface area contributed by atoms with E-state index in [4.69, 9.17) is 0 Å². The summed E-state index contributed by atoms with van der Waals surface area (Å²) >= 11 is 0. The van der Waals surface area contributed by atoms with Gasteiger partial charge in [-0.15, -0.1) is 0 Å². The SMILES string of the molecule is CCCC(C)(C)/C=C(\C#N)c1cc(O)c(/C(C#N)=C/c2cc(O)c(C(C)(C)C)cc2O)cc1O. The van der Waals surface area contributed by atoms with Crippen LogP contribution in [0.15, 0.2) is 30.3 Å². The monoisotopic (exact) mass is 460 g/mol. The second-order valence-electron chi connectivity index (χ2n) is 10.1. The van der Waals surface area contributed by atoms with E-state index in [0.29, 0.717) is 5.56 Å². The van der Waals surface area contributed by atoms with Gasteiger partial charge in [-0.2, -0.15) is 10.5 Å². The Balaban J connectivity index is 2.60. The molecule has 0 aliphatic carbocycles. The molecule has 0 heterocycles. The molecule has 0 fully saturated rings. The summed E-state index contributed by atoms with van der Waals surface area (Å²) in [6, 6.07) is 9.32. The van der Waals surface area contributed by atoms with Crippen molar-refractivity contribution in [1.29, 1.82) is 10.5 Å². The third kappa shape index (κ3) is 5.91. The van der Waals surface area contributed by atoms with Crippen LogP contribution in [-0.2, 0) is 5.41 Å². The second kappa shape index (κ2) is 9.93. The van der Waals surface area contributed by atoms with E-state index in [9.17, 15) is 30.9 Å². The van der Waals surface area contributed by atoms with Crippen LogP contribution in [0.5, 0.6) is 23.0 Å². The lowest BCUT2D eigenvalue weighted by molar-refractivity contribution is 0.432. The van der Waals surface area contributed by atoms with E-state index in [1.54, 1.807) is 6.08 Å². The molecule has 2 aromatic carbocycles. The molecule has 0 unspecified atom stereocenters. The maximum absolute atomic E-state index is 10.7. The summed E-state index contributed by atoms with van der Waals surface area (Å²) in [7, 11) is 0. The van der Waals surface area contributed by atoms with Gasteiger partial charge in [-0.25, -0.2) is 0 Å². The molecule has 0 amide bonds. The molecule has 6 nitrogen and oxygen atoms in total. The predicted molar refractivity (Wildman–Crippen MR) is 134 cm³/mol. The highest BCUT2D eigenvalue weighted by Crippen LogP contribution is 2.40. The Morgan fingerprint density at radius 2 is 1.32 bits per heavy atom. The Morgan fingerprint density at radius 1 is 0.794 bits per heavy atom. The van der Waals surface area contributed by atoms with Gasteiger partial charge in [-0.1, -0.05) is 54.0 Å². The summed E-state index contributed by atoms with van der Waals surface area (Å²) in [5.74, 6) is -0.729. The molecular weight excluding hydrogens is 428 g/mol. The molecule has 0 atom stereocenters. The van der Waals surface area contributed by atoms with Gasteiger partial charge in [0.15, 0.2) is 0 Å². The maximum Gasteiger partial charge on any atom is 0.125 e. The highest BCUT2D eigenvalue weighted by Gasteiger charge is 2.22. The summed E-state index contributed by atoms with van der Waals surface area (Å²) in [4.78, 5) is 0. The van der Waals surface area contributed by atoms with Crippen molar-refractivity contribution in [1.82, 2.24) is 0 Å². The van der Waals surface area contributed by atoms with E-state index in [2.05, 4.69) is 6.07 Å². The molecule has 0 radical (unpaired) electrons. The molecule has 2 rings (SSSR count). The van der Waals surface area contributed by atoms with Crippen molar-refractivity contribution >= 4 is 17.2 Å². The van der Waals surface area contributed by atoms with E-state index in [1.165, 1.54) is 30.3 Å². The predicted octanol–water partition coefficient (Wildman–Crippen LogP) is 6.60. The van der Waals surface area contributed by atoms with Crippen LogP contribution in [0.1, 0.15) is 76.6 Å². The van der Waals surface area contributed by atoms with E-state index >= 15 is 0 Å². The minimum atomic E-state index is -0.403. The Labute approximate surface area is 201 Å². The van der Waals surface area contributed by atoms with E-state index < -0.39 is 5.41 Å². The molecule has 0 spiro atoms. The Hall–Kier alpha value is -3.90. The normalized spacial score (nSPS) is 12.8. The van der Waals surface area contributed by atoms with Gasteiger partial charge in [0.25, 0.3) is 0 Å². The van der Waals surface area contributed by atoms with Gasteiger partial charge in [0.05, 0.1) is 23.3 Å². The average Bonchev–Trinajstić information content (AvgIpc) is 2.73. The van der Waals surface area contributed by atoms with Crippen LogP contribution in [0.2, 0.25) is 0 Å². The summed E-state index contributed by atoms with van der Waals surface area (Å²) in [5, 5.41) is 61.6. The molecule has 0 aliphatic rings. The van der Waals surface area contributed by atoms with Crippen molar-refractivity contribution in [2.24, 2.45) is 5.41 Å². The van der Waals surface area contributed by atoms with Crippen LogP contribution in [0.4, 0.5) is 0 Å². The number of aromatic hydroxyl groups is 4. The fourth-order valence-electron chi connectivity index (χ4n) is 3.92.